The van der Waals surface area contributed by atoms with Crippen LogP contribution in [0, 0.1) is 45.9 Å². The van der Waals surface area contributed by atoms with Gasteiger partial charge in [-0.3, -0.25) is 0 Å². The Balaban J connectivity index is 2.15. The molecule has 0 N–H and O–H groups in total. The first-order valence-corrected chi connectivity index (χ1v) is 60.2. The van der Waals surface area contributed by atoms with E-state index in [1.807, 2.05) is 120 Å². The molecule has 0 aliphatic carbocycles. The Morgan fingerprint density at radius 1 is 0.287 bits per heavy atom. The summed E-state index contributed by atoms with van der Waals surface area (Å²) in [5.41, 5.74) is 25.1. The van der Waals surface area contributed by atoms with E-state index in [2.05, 4.69) is 203 Å². The van der Waals surface area contributed by atoms with Gasteiger partial charge in [-0.2, -0.15) is 0 Å². The zero-order valence-corrected chi connectivity index (χ0v) is 63.6. The normalized spacial score (nSPS) is 21.2. The molecule has 20 heteroatoms. The Bertz CT molecular complexity index is 2720. The lowest BCUT2D eigenvalue weighted by molar-refractivity contribution is 0.105. The topological polar surface area (TPSA) is 73.8 Å². The fraction of sp³-hybridized carbons (Fsp3) is 0.333. The number of hydrogen-bond donors (Lipinski definition) is 0. The summed E-state index contributed by atoms with van der Waals surface area (Å²) in [6.45, 7) is 61.0. The van der Waals surface area contributed by atoms with Gasteiger partial charge in [-0.25, -0.2) is 0 Å². The molecule has 8 nitrogen and oxygen atoms in total. The minimum Gasteiger partial charge on any atom is -0.409 e. The summed E-state index contributed by atoms with van der Waals surface area (Å²) in [5.74, 6) is 13.8. The van der Waals surface area contributed by atoms with Crippen LogP contribution in [0.3, 0.4) is 0 Å². The van der Waals surface area contributed by atoms with Crippen molar-refractivity contribution in [3.05, 3.63) is 168 Å². The van der Waals surface area contributed by atoms with Gasteiger partial charge < -0.3 is 32.9 Å². The monoisotopic (exact) mass is 1270 g/mol. The summed E-state index contributed by atoms with van der Waals surface area (Å²) in [6, 6.07) is 32.2. The van der Waals surface area contributed by atoms with Crippen molar-refractivity contribution in [3.63, 3.8) is 0 Å². The Morgan fingerprint density at radius 3 is 0.562 bits per heavy atom. The third-order valence-electron chi connectivity index (χ3n) is 11.9. The highest BCUT2D eigenvalue weighted by Gasteiger charge is 2.73. The van der Waals surface area contributed by atoms with Gasteiger partial charge in [0.1, 0.15) is 32.3 Å². The molecule has 0 unspecified atom stereocenters. The molecule has 1 fully saturated rings. The van der Waals surface area contributed by atoms with Crippen LogP contribution < -0.4 is 20.7 Å². The van der Waals surface area contributed by atoms with Crippen molar-refractivity contribution in [1.29, 1.82) is 0 Å². The average Bonchev–Trinajstić information content (AvgIpc) is 3.35. The highest BCUT2D eigenvalue weighted by atomic mass is 28.6. The predicted octanol–water partition coefficient (Wildman–Crippen LogP) is 12.2. The molecule has 0 bridgehead atoms. The maximum Gasteiger partial charge on any atom is 0.512 e. The van der Waals surface area contributed by atoms with Gasteiger partial charge in [-0.15, -0.1) is 48.5 Å². The molecular weight excluding hydrogens is 1190 g/mol. The lowest BCUT2D eigenvalue weighted by Gasteiger charge is -2.53. The molecule has 0 atom stereocenters. The summed E-state index contributed by atoms with van der Waals surface area (Å²) in [7, 11) is -37.8. The van der Waals surface area contributed by atoms with Gasteiger partial charge in [-0.05, 0) is 101 Å². The Kier molecular flexibility index (Phi) is 21.2. The smallest absolute Gasteiger partial charge is 0.409 e. The Hall–Kier alpha value is -3.64. The van der Waals surface area contributed by atoms with Crippen molar-refractivity contribution in [2.75, 3.05) is 0 Å². The molecule has 4 aromatic rings. The third-order valence-corrected chi connectivity index (χ3v) is 44.8. The van der Waals surface area contributed by atoms with Gasteiger partial charge in [0, 0.05) is 43.0 Å². The Labute approximate surface area is 495 Å². The van der Waals surface area contributed by atoms with E-state index in [0.717, 1.165) is 22.3 Å². The molecule has 0 radical (unpaired) electrons. The standard InChI is InChI=1S/C60H88O8Si12/c1-25-73(17,18)61-77(57-37-29-53(30-38-57)45-49-69(5,6)7)65-78(62-74(19,20)26-2,58-39-31-54(32-40-58)46-50-70(8,9)10)67-80(64-76(23,24)28-4,60-43-35-56(36-44-60)48-52-72(14,15)16)68-79(66-77,63-75(21,22)27-3)59-41-33-55(34-42-59)47-51-71(11,12)13/h25-44H,1-4H2,5-24H3. The second-order valence-electron chi connectivity index (χ2n) is 26.6. The van der Waals surface area contributed by atoms with Crippen molar-refractivity contribution in [3.8, 4) is 45.9 Å². The van der Waals surface area contributed by atoms with Crippen LogP contribution in [0.1, 0.15) is 22.3 Å². The molecule has 424 valence electrons. The number of hydrogen-bond acceptors (Lipinski definition) is 8. The molecule has 80 heavy (non-hydrogen) atoms. The van der Waals surface area contributed by atoms with Crippen LogP contribution in [0.5, 0.6) is 0 Å². The minimum atomic E-state index is -4.67. The highest BCUT2D eigenvalue weighted by molar-refractivity contribution is 7.07. The van der Waals surface area contributed by atoms with Gasteiger partial charge >= 0.3 is 35.2 Å². The van der Waals surface area contributed by atoms with Gasteiger partial charge in [0.15, 0.2) is 0 Å². The quantitative estimate of drug-likeness (QED) is 0.0812. The van der Waals surface area contributed by atoms with Crippen LogP contribution in [0.4, 0.5) is 0 Å². The molecule has 1 saturated heterocycles. The SMILES string of the molecule is C=C[Si](C)(C)O[Si]1(c2ccc(C#C[Si](C)(C)C)cc2)O[Si](O[Si](C)(C)C=C)(c2ccc(C#C[Si](C)(C)C)cc2)O[Si](O[Si](C)(C)C=C)(c2ccc(C#C[Si](C)(C)C)cc2)O[Si](O[Si](C)(C)C=C)(c2ccc(C#C[Si](C)(C)C)cc2)O1. The van der Waals surface area contributed by atoms with E-state index >= 15 is 0 Å². The molecule has 4 aromatic carbocycles. The molecule has 1 heterocycles. The molecule has 1 aliphatic heterocycles. The van der Waals surface area contributed by atoms with Crippen LogP contribution in [0.2, 0.25) is 131 Å². The molecule has 0 spiro atoms. The first-order valence-electron chi connectivity index (χ1n) is 27.3. The highest BCUT2D eigenvalue weighted by Crippen LogP contribution is 2.39. The molecule has 0 aromatic heterocycles. The minimum absolute atomic E-state index is 0.638. The van der Waals surface area contributed by atoms with Crippen molar-refractivity contribution >= 4 is 122 Å². The van der Waals surface area contributed by atoms with Crippen LogP contribution >= 0.6 is 0 Å². The van der Waals surface area contributed by atoms with Crippen LogP contribution in [0.25, 0.3) is 0 Å². The molecule has 0 amide bonds. The summed E-state index contributed by atoms with van der Waals surface area (Å²) < 4.78 is 64.8. The van der Waals surface area contributed by atoms with Crippen LogP contribution in [-0.2, 0) is 32.9 Å². The fourth-order valence-corrected chi connectivity index (χ4v) is 41.9. The van der Waals surface area contributed by atoms with E-state index in [0.29, 0.717) is 20.7 Å². The first-order chi connectivity index (χ1) is 36.6. The van der Waals surface area contributed by atoms with Crippen molar-refractivity contribution in [2.24, 2.45) is 0 Å². The van der Waals surface area contributed by atoms with Crippen molar-refractivity contribution in [1.82, 2.24) is 0 Å². The van der Waals surface area contributed by atoms with Gasteiger partial charge in [0.05, 0.1) is 0 Å². The van der Waals surface area contributed by atoms with Crippen LogP contribution in [0.15, 0.2) is 146 Å². The second-order valence-corrected chi connectivity index (χ2v) is 73.3. The summed E-state index contributed by atoms with van der Waals surface area (Å²) in [5, 5.41) is 2.55. The number of rotatable bonds is 16. The molecule has 0 saturated carbocycles. The maximum absolute atomic E-state index is 8.35. The van der Waals surface area contributed by atoms with E-state index in [9.17, 15) is 0 Å². The first kappa shape index (κ1) is 67.2. The molecular formula is C60H88O8Si12. The van der Waals surface area contributed by atoms with Crippen LogP contribution in [-0.4, -0.2) is 101 Å². The average molecular weight is 1270 g/mol. The predicted molar refractivity (Wildman–Crippen MR) is 368 cm³/mol. The number of benzene rings is 4. The fourth-order valence-electron chi connectivity index (χ4n) is 7.29. The van der Waals surface area contributed by atoms with Crippen molar-refractivity contribution < 1.29 is 32.9 Å². The molecule has 1 aliphatic rings. The lowest BCUT2D eigenvalue weighted by Crippen LogP contribution is -2.85. The van der Waals surface area contributed by atoms with Crippen molar-refractivity contribution in [2.45, 2.75) is 131 Å². The summed E-state index contributed by atoms with van der Waals surface area (Å²) >= 11 is 0. The maximum atomic E-state index is 8.35. The molecule has 5 rings (SSSR count). The summed E-state index contributed by atoms with van der Waals surface area (Å²) in [4.78, 5) is 0. The van der Waals surface area contributed by atoms with E-state index in [-0.39, 0.29) is 0 Å². The van der Waals surface area contributed by atoms with E-state index < -0.39 is 101 Å². The largest absolute Gasteiger partial charge is 0.512 e. The van der Waals surface area contributed by atoms with Gasteiger partial charge in [0.25, 0.3) is 0 Å². The zero-order valence-electron chi connectivity index (χ0n) is 51.6. The summed E-state index contributed by atoms with van der Waals surface area (Å²) in [6.07, 6.45) is 0. The Morgan fingerprint density at radius 2 is 0.438 bits per heavy atom. The van der Waals surface area contributed by atoms with E-state index in [4.69, 9.17) is 32.9 Å². The third kappa shape index (κ3) is 19.2. The zero-order chi connectivity index (χ0) is 60.1. The van der Waals surface area contributed by atoms with Gasteiger partial charge in [-0.1, -0.05) is 174 Å². The van der Waals surface area contributed by atoms with Gasteiger partial charge in [0.2, 0.25) is 33.3 Å². The van der Waals surface area contributed by atoms with E-state index in [1.165, 1.54) is 0 Å². The second kappa shape index (κ2) is 25.3. The van der Waals surface area contributed by atoms with E-state index in [1.54, 1.807) is 0 Å². The lowest BCUT2D eigenvalue weighted by atomic mass is 10.2.